The molecule has 2 aromatic carbocycles. The van der Waals surface area contributed by atoms with E-state index in [0.29, 0.717) is 0 Å². The minimum Gasteiger partial charge on any atom is -0.298 e. The van der Waals surface area contributed by atoms with Crippen molar-refractivity contribution in [3.8, 4) is 11.1 Å². The van der Waals surface area contributed by atoms with E-state index in [2.05, 4.69) is 44.3 Å². The van der Waals surface area contributed by atoms with Crippen molar-refractivity contribution in [2.45, 2.75) is 6.92 Å². The van der Waals surface area contributed by atoms with Gasteiger partial charge in [-0.1, -0.05) is 12.1 Å². The Balaban J connectivity index is 2.36. The maximum absolute atomic E-state index is 10.9. The normalized spacial score (nSPS) is 20.3. The number of carbonyl (C=O) groups is 1. The van der Waals surface area contributed by atoms with Gasteiger partial charge in [0.1, 0.15) is 17.7 Å². The number of aldehydes is 1. The van der Waals surface area contributed by atoms with E-state index in [1.54, 1.807) is 0 Å². The predicted octanol–water partition coefficient (Wildman–Crippen LogP) is 3.77. The molecule has 1 aliphatic rings. The zero-order valence-corrected chi connectivity index (χ0v) is 10.7. The van der Waals surface area contributed by atoms with Crippen LogP contribution in [-0.2, 0) is 0 Å². The van der Waals surface area contributed by atoms with Gasteiger partial charge >= 0.3 is 0 Å². The van der Waals surface area contributed by atoms with Crippen LogP contribution in [0.4, 0.5) is 11.4 Å². The lowest BCUT2D eigenvalue weighted by molar-refractivity contribution is 0.112. The summed E-state index contributed by atoms with van der Waals surface area (Å²) in [5, 5.41) is 0. The molecule has 0 fully saturated rings. The lowest BCUT2D eigenvalue weighted by Gasteiger charge is -2.28. The largest absolute Gasteiger partial charge is 0.298 e. The number of quaternary nitrogens is 1. The Hall–Kier alpha value is -1.93. The van der Waals surface area contributed by atoms with Gasteiger partial charge in [0, 0.05) is 28.8 Å². The van der Waals surface area contributed by atoms with Gasteiger partial charge < -0.3 is 0 Å². The van der Waals surface area contributed by atoms with Crippen molar-refractivity contribution in [3.05, 3.63) is 48.0 Å². The quantitative estimate of drug-likeness (QED) is 0.575. The second-order valence-corrected chi connectivity index (χ2v) is 4.92. The van der Waals surface area contributed by atoms with E-state index < -0.39 is 0 Å². The molecule has 0 saturated heterocycles. The van der Waals surface area contributed by atoms with Crippen LogP contribution in [-0.4, -0.2) is 19.9 Å². The highest BCUT2D eigenvalue weighted by Crippen LogP contribution is 2.51. The average molecular weight is 238 g/mol. The van der Waals surface area contributed by atoms with Crippen molar-refractivity contribution in [1.29, 1.82) is 0 Å². The fraction of sp³-hybridized carbons (Fsp3) is 0.188. The minimum atomic E-state index is 0.744. The molecule has 0 saturated carbocycles. The summed E-state index contributed by atoms with van der Waals surface area (Å²) in [4.78, 5) is 10.9. The highest BCUT2D eigenvalue weighted by atomic mass is 16.1. The van der Waals surface area contributed by atoms with Crippen molar-refractivity contribution in [3.63, 3.8) is 0 Å². The molecule has 2 aromatic rings. The third-order valence-corrected chi connectivity index (χ3v) is 4.05. The summed E-state index contributed by atoms with van der Waals surface area (Å²) in [6.45, 7) is 3.20. The molecule has 1 heterocycles. The molecule has 1 aliphatic heterocycles. The highest BCUT2D eigenvalue weighted by molar-refractivity contribution is 5.96. The topological polar surface area (TPSA) is 17.1 Å². The molecule has 0 aromatic heterocycles. The van der Waals surface area contributed by atoms with Crippen LogP contribution < -0.4 is 4.48 Å². The molecule has 90 valence electrons. The SMILES string of the molecule is CC[N+]1(C)c2ccccc2-c2cc(C=O)ccc21. The van der Waals surface area contributed by atoms with Crippen LogP contribution in [0.3, 0.4) is 0 Å². The van der Waals surface area contributed by atoms with Gasteiger partial charge in [0.15, 0.2) is 0 Å². The van der Waals surface area contributed by atoms with Gasteiger partial charge in [-0.25, -0.2) is 0 Å². The van der Waals surface area contributed by atoms with Gasteiger partial charge in [-0.05, 0) is 25.1 Å². The molecule has 1 unspecified atom stereocenters. The van der Waals surface area contributed by atoms with Crippen LogP contribution in [0, 0.1) is 0 Å². The number of para-hydroxylation sites is 1. The molecular weight excluding hydrogens is 222 g/mol. The first kappa shape index (κ1) is 11.2. The van der Waals surface area contributed by atoms with Crippen molar-refractivity contribution >= 4 is 17.7 Å². The minimum absolute atomic E-state index is 0.744. The van der Waals surface area contributed by atoms with Gasteiger partial charge in [0.25, 0.3) is 0 Å². The van der Waals surface area contributed by atoms with Gasteiger partial charge in [0.05, 0.1) is 13.6 Å². The molecule has 3 rings (SSSR count). The van der Waals surface area contributed by atoms with Gasteiger partial charge in [0.2, 0.25) is 0 Å². The zero-order chi connectivity index (χ0) is 12.8. The fourth-order valence-electron chi connectivity index (χ4n) is 2.88. The Bertz CT molecular complexity index is 633. The molecule has 0 N–H and O–H groups in total. The van der Waals surface area contributed by atoms with E-state index in [9.17, 15) is 4.79 Å². The van der Waals surface area contributed by atoms with E-state index in [1.165, 1.54) is 22.5 Å². The summed E-state index contributed by atoms with van der Waals surface area (Å²) in [7, 11) is 2.23. The second kappa shape index (κ2) is 3.79. The summed E-state index contributed by atoms with van der Waals surface area (Å²) < 4.78 is 0.810. The van der Waals surface area contributed by atoms with Crippen LogP contribution in [0.15, 0.2) is 42.5 Å². The molecule has 2 heteroatoms. The number of nitrogens with zero attached hydrogens (tertiary/aromatic N) is 1. The molecule has 0 spiro atoms. The number of rotatable bonds is 2. The van der Waals surface area contributed by atoms with Crippen LogP contribution in [0.5, 0.6) is 0 Å². The maximum atomic E-state index is 10.9. The summed E-state index contributed by atoms with van der Waals surface area (Å²) in [5.74, 6) is 0. The van der Waals surface area contributed by atoms with Crippen molar-refractivity contribution in [2.24, 2.45) is 0 Å². The zero-order valence-electron chi connectivity index (χ0n) is 10.7. The molecule has 0 bridgehead atoms. The van der Waals surface area contributed by atoms with Crippen LogP contribution in [0.2, 0.25) is 0 Å². The third kappa shape index (κ3) is 1.30. The second-order valence-electron chi connectivity index (χ2n) is 4.92. The van der Waals surface area contributed by atoms with Gasteiger partial charge in [-0.3, -0.25) is 9.28 Å². The Morgan fingerprint density at radius 1 is 1.06 bits per heavy atom. The molecule has 1 atom stereocenters. The smallest absolute Gasteiger partial charge is 0.150 e. The molecule has 18 heavy (non-hydrogen) atoms. The van der Waals surface area contributed by atoms with E-state index in [-0.39, 0.29) is 0 Å². The lowest BCUT2D eigenvalue weighted by Crippen LogP contribution is -2.37. The molecular formula is C16H16NO+. The summed E-state index contributed by atoms with van der Waals surface area (Å²) in [6.07, 6.45) is 0.914. The first-order chi connectivity index (χ1) is 8.70. The molecule has 0 radical (unpaired) electrons. The molecule has 0 aliphatic carbocycles. The Kier molecular flexibility index (Phi) is 2.35. The summed E-state index contributed by atoms with van der Waals surface area (Å²) in [6, 6.07) is 14.5. The van der Waals surface area contributed by atoms with E-state index >= 15 is 0 Å². The molecule has 2 nitrogen and oxygen atoms in total. The monoisotopic (exact) mass is 238 g/mol. The number of hydrogen-bond donors (Lipinski definition) is 0. The van der Waals surface area contributed by atoms with E-state index in [4.69, 9.17) is 0 Å². The van der Waals surface area contributed by atoms with Gasteiger partial charge in [-0.2, -0.15) is 0 Å². The average Bonchev–Trinajstić information content (AvgIpc) is 2.70. The van der Waals surface area contributed by atoms with E-state index in [0.717, 1.165) is 22.9 Å². The highest BCUT2D eigenvalue weighted by Gasteiger charge is 2.38. The van der Waals surface area contributed by atoms with Crippen molar-refractivity contribution in [1.82, 2.24) is 4.48 Å². The first-order valence-electron chi connectivity index (χ1n) is 6.26. The van der Waals surface area contributed by atoms with Crippen molar-refractivity contribution in [2.75, 3.05) is 13.6 Å². The maximum Gasteiger partial charge on any atom is 0.150 e. The summed E-state index contributed by atoms with van der Waals surface area (Å²) >= 11 is 0. The lowest BCUT2D eigenvalue weighted by atomic mass is 10.0. The fourth-order valence-corrected chi connectivity index (χ4v) is 2.88. The third-order valence-electron chi connectivity index (χ3n) is 4.05. The predicted molar refractivity (Wildman–Crippen MR) is 75.2 cm³/mol. The molecule has 0 amide bonds. The Morgan fingerprint density at radius 2 is 1.78 bits per heavy atom. The Labute approximate surface area is 107 Å². The number of fused-ring (bicyclic) bond motifs is 3. The van der Waals surface area contributed by atoms with Crippen LogP contribution in [0.25, 0.3) is 11.1 Å². The summed E-state index contributed by atoms with van der Waals surface area (Å²) in [5.41, 5.74) is 5.79. The first-order valence-corrected chi connectivity index (χ1v) is 6.26. The van der Waals surface area contributed by atoms with E-state index in [1.807, 2.05) is 12.1 Å². The van der Waals surface area contributed by atoms with Crippen LogP contribution in [0.1, 0.15) is 17.3 Å². The number of benzene rings is 2. The van der Waals surface area contributed by atoms with Gasteiger partial charge in [-0.15, -0.1) is 0 Å². The van der Waals surface area contributed by atoms with Crippen molar-refractivity contribution < 1.29 is 4.79 Å². The number of hydrogen-bond acceptors (Lipinski definition) is 1. The Morgan fingerprint density at radius 3 is 2.50 bits per heavy atom. The standard InChI is InChI=1S/C16H16NO/c1-3-17(2)15-7-5-4-6-13(15)14-10-12(11-18)8-9-16(14)17/h4-11H,3H2,1-2H3/q+1. The van der Waals surface area contributed by atoms with Crippen LogP contribution >= 0.6 is 0 Å². The number of carbonyl (C=O) groups excluding carboxylic acids is 1.